The molecule has 0 spiro atoms. The van der Waals surface area contributed by atoms with Crippen molar-refractivity contribution in [2.75, 3.05) is 0 Å². The molecule has 0 saturated heterocycles. The minimum absolute atomic E-state index is 0.347. The third kappa shape index (κ3) is 6.97. The lowest BCUT2D eigenvalue weighted by Gasteiger charge is -2.09. The average molecular weight is 261 g/mol. The Morgan fingerprint density at radius 3 is 2.57 bits per heavy atom. The number of halogens is 1. The first kappa shape index (κ1) is 13.5. The average Bonchev–Trinajstić information content (AvgIpc) is 2.09. The fourth-order valence-electron chi connectivity index (χ4n) is 0.718. The van der Waals surface area contributed by atoms with E-state index >= 15 is 0 Å². The number of esters is 1. The Balaban J connectivity index is 3.66. The van der Waals surface area contributed by atoms with Gasteiger partial charge in [-0.05, 0) is 20.3 Å². The first-order chi connectivity index (χ1) is 6.48. The third-order valence-corrected chi connectivity index (χ3v) is 1.93. The highest BCUT2D eigenvalue weighted by atomic mass is 79.9. The largest absolute Gasteiger partial charge is 0.371 e. The number of ether oxygens (including phenoxy) is 1. The van der Waals surface area contributed by atoms with Crippen molar-refractivity contribution in [1.29, 1.82) is 0 Å². The fraction of sp³-hybridized carbons (Fsp3) is 0.727. The van der Waals surface area contributed by atoms with Crippen LogP contribution in [0.15, 0.2) is 0 Å². The predicted molar refractivity (Wildman–Crippen MR) is 61.0 cm³/mol. The van der Waals surface area contributed by atoms with Crippen molar-refractivity contribution in [2.24, 2.45) is 0 Å². The van der Waals surface area contributed by atoms with Crippen LogP contribution in [0, 0.1) is 12.0 Å². The molecular formula is C11H17BrO2. The maximum atomic E-state index is 11.2. The van der Waals surface area contributed by atoms with E-state index in [1.807, 2.05) is 0 Å². The molecule has 0 amide bonds. The number of unbranched alkanes of at least 4 members (excludes halogenated alkanes) is 3. The van der Waals surface area contributed by atoms with Gasteiger partial charge in [-0.2, -0.15) is 0 Å². The van der Waals surface area contributed by atoms with Crippen molar-refractivity contribution >= 4 is 21.9 Å². The molecule has 2 nitrogen and oxygen atoms in total. The molecule has 0 rings (SSSR count). The summed E-state index contributed by atoms with van der Waals surface area (Å²) in [7, 11) is 0. The van der Waals surface area contributed by atoms with E-state index in [1.54, 1.807) is 13.8 Å². The summed E-state index contributed by atoms with van der Waals surface area (Å²) in [4.78, 5) is 11.2. The van der Waals surface area contributed by atoms with Gasteiger partial charge in [-0.25, -0.2) is 4.79 Å². The Bertz CT molecular complexity index is 230. The van der Waals surface area contributed by atoms with E-state index in [0.717, 1.165) is 12.8 Å². The van der Waals surface area contributed by atoms with E-state index in [-0.39, 0.29) is 5.97 Å². The molecule has 0 aromatic carbocycles. The number of hydrogen-bond donors (Lipinski definition) is 0. The van der Waals surface area contributed by atoms with Gasteiger partial charge in [-0.1, -0.05) is 41.6 Å². The Labute approximate surface area is 94.5 Å². The van der Waals surface area contributed by atoms with Crippen LogP contribution in [0.1, 0.15) is 46.5 Å². The molecule has 0 saturated carbocycles. The van der Waals surface area contributed by atoms with Crippen LogP contribution in [0.4, 0.5) is 0 Å². The van der Waals surface area contributed by atoms with Gasteiger partial charge in [0.1, 0.15) is 10.4 Å². The van der Waals surface area contributed by atoms with Crippen molar-refractivity contribution in [3.8, 4) is 12.0 Å². The van der Waals surface area contributed by atoms with Crippen LogP contribution in [0.5, 0.6) is 0 Å². The molecule has 0 radical (unpaired) electrons. The van der Waals surface area contributed by atoms with Crippen LogP contribution in [-0.4, -0.2) is 10.3 Å². The van der Waals surface area contributed by atoms with Crippen LogP contribution < -0.4 is 0 Å². The molecule has 80 valence electrons. The molecule has 0 heterocycles. The molecule has 0 aliphatic rings. The summed E-state index contributed by atoms with van der Waals surface area (Å²) < 4.78 is 4.09. The zero-order chi connectivity index (χ0) is 11.0. The van der Waals surface area contributed by atoms with Crippen molar-refractivity contribution in [1.82, 2.24) is 0 Å². The molecule has 0 N–H and O–H groups in total. The van der Waals surface area contributed by atoms with E-state index in [0.29, 0.717) is 0 Å². The Morgan fingerprint density at radius 1 is 1.43 bits per heavy atom. The molecule has 0 aromatic rings. The van der Waals surface area contributed by atoms with Gasteiger partial charge < -0.3 is 4.74 Å². The monoisotopic (exact) mass is 260 g/mol. The molecule has 0 aliphatic heterocycles. The van der Waals surface area contributed by atoms with Gasteiger partial charge in [-0.3, -0.25) is 0 Å². The van der Waals surface area contributed by atoms with Gasteiger partial charge in [0, 0.05) is 6.42 Å². The maximum absolute atomic E-state index is 11.2. The summed E-state index contributed by atoms with van der Waals surface area (Å²) in [5.41, 5.74) is 0. The fourth-order valence-corrected chi connectivity index (χ4v) is 0.799. The number of alkyl halides is 1. The second kappa shape index (κ2) is 6.89. The smallest absolute Gasteiger partial charge is 0.336 e. The lowest BCUT2D eigenvalue weighted by atomic mass is 10.2. The first-order valence-electron chi connectivity index (χ1n) is 4.86. The van der Waals surface area contributed by atoms with Gasteiger partial charge in [0.2, 0.25) is 0 Å². The summed E-state index contributed by atoms with van der Waals surface area (Å²) in [5.74, 6) is 2.46. The van der Waals surface area contributed by atoms with Crippen molar-refractivity contribution < 1.29 is 9.53 Å². The summed E-state index contributed by atoms with van der Waals surface area (Å²) >= 11 is 3.20. The van der Waals surface area contributed by atoms with E-state index < -0.39 is 4.32 Å². The highest BCUT2D eigenvalue weighted by molar-refractivity contribution is 9.10. The van der Waals surface area contributed by atoms with Gasteiger partial charge in [0.15, 0.2) is 0 Å². The number of carbonyl (C=O) groups is 1. The second-order valence-corrected chi connectivity index (χ2v) is 5.58. The normalized spacial score (nSPS) is 10.3. The number of carbonyl (C=O) groups excluding carboxylic acids is 1. The summed E-state index contributed by atoms with van der Waals surface area (Å²) in [5, 5.41) is 0. The molecule has 14 heavy (non-hydrogen) atoms. The van der Waals surface area contributed by atoms with E-state index in [2.05, 4.69) is 34.9 Å². The van der Waals surface area contributed by atoms with Gasteiger partial charge >= 0.3 is 5.97 Å². The zero-order valence-electron chi connectivity index (χ0n) is 9.02. The first-order valence-corrected chi connectivity index (χ1v) is 5.66. The summed E-state index contributed by atoms with van der Waals surface area (Å²) in [6, 6.07) is 0. The number of rotatable bonds is 4. The predicted octanol–water partition coefficient (Wildman–Crippen LogP) is 3.24. The van der Waals surface area contributed by atoms with Crippen molar-refractivity contribution in [2.45, 2.75) is 50.8 Å². The lowest BCUT2D eigenvalue weighted by molar-refractivity contribution is -0.138. The highest BCUT2D eigenvalue weighted by Gasteiger charge is 2.25. The standard InChI is InChI=1S/C11H17BrO2/c1-4-5-6-7-8-9-14-10(13)11(2,3)12/h4-7H2,1-3H3. The molecule has 0 aromatic heterocycles. The van der Waals surface area contributed by atoms with Gasteiger partial charge in [0.25, 0.3) is 0 Å². The van der Waals surface area contributed by atoms with Gasteiger partial charge in [-0.15, -0.1) is 0 Å². The minimum Gasteiger partial charge on any atom is -0.371 e. The Hall–Kier alpha value is -0.490. The summed E-state index contributed by atoms with van der Waals surface area (Å²) in [6.07, 6.45) is 6.63. The molecule has 0 bridgehead atoms. The third-order valence-electron chi connectivity index (χ3n) is 1.61. The molecule has 0 aliphatic carbocycles. The second-order valence-electron chi connectivity index (χ2n) is 3.60. The van der Waals surface area contributed by atoms with Crippen LogP contribution in [0.3, 0.4) is 0 Å². The zero-order valence-corrected chi connectivity index (χ0v) is 10.6. The SMILES string of the molecule is CCCCCC#COC(=O)C(C)(C)Br. The highest BCUT2D eigenvalue weighted by Crippen LogP contribution is 2.16. The minimum atomic E-state index is -0.648. The van der Waals surface area contributed by atoms with E-state index in [9.17, 15) is 4.79 Å². The summed E-state index contributed by atoms with van der Waals surface area (Å²) in [6.45, 7) is 5.60. The van der Waals surface area contributed by atoms with E-state index in [4.69, 9.17) is 4.74 Å². The Morgan fingerprint density at radius 2 is 2.07 bits per heavy atom. The quantitative estimate of drug-likeness (QED) is 0.336. The topological polar surface area (TPSA) is 26.3 Å². The van der Waals surface area contributed by atoms with Crippen LogP contribution in [0.25, 0.3) is 0 Å². The number of hydrogen-bond acceptors (Lipinski definition) is 2. The van der Waals surface area contributed by atoms with Crippen molar-refractivity contribution in [3.63, 3.8) is 0 Å². The van der Waals surface area contributed by atoms with Crippen LogP contribution in [0.2, 0.25) is 0 Å². The maximum Gasteiger partial charge on any atom is 0.336 e. The van der Waals surface area contributed by atoms with Gasteiger partial charge in [0.05, 0.1) is 0 Å². The molecule has 0 atom stereocenters. The van der Waals surface area contributed by atoms with Crippen molar-refractivity contribution in [3.05, 3.63) is 0 Å². The molecule has 3 heteroatoms. The van der Waals surface area contributed by atoms with Crippen LogP contribution in [-0.2, 0) is 9.53 Å². The van der Waals surface area contributed by atoms with Crippen LogP contribution >= 0.6 is 15.9 Å². The Kier molecular flexibility index (Phi) is 6.65. The van der Waals surface area contributed by atoms with E-state index in [1.165, 1.54) is 12.8 Å². The lowest BCUT2D eigenvalue weighted by Crippen LogP contribution is -2.24. The molecule has 0 unspecified atom stereocenters. The molecular weight excluding hydrogens is 244 g/mol. The molecule has 0 fully saturated rings.